The van der Waals surface area contributed by atoms with Gasteiger partial charge in [0.25, 0.3) is 5.91 Å². The second-order valence-corrected chi connectivity index (χ2v) is 8.62. The highest BCUT2D eigenvalue weighted by atomic mass is 32.1. The normalized spacial score (nSPS) is 10.8. The van der Waals surface area contributed by atoms with Crippen LogP contribution >= 0.6 is 12.2 Å². The number of carbonyl (C=O) groups excluding carboxylic acids is 1. The van der Waals surface area contributed by atoms with Crippen molar-refractivity contribution >= 4 is 40.0 Å². The van der Waals surface area contributed by atoms with E-state index in [9.17, 15) is 4.79 Å². The first-order chi connectivity index (χ1) is 16.4. The van der Waals surface area contributed by atoms with Gasteiger partial charge in [0.05, 0.1) is 6.61 Å². The number of rotatable bonds is 7. The summed E-state index contributed by atoms with van der Waals surface area (Å²) < 4.78 is 11.6. The third-order valence-corrected chi connectivity index (χ3v) is 5.43. The zero-order valence-corrected chi connectivity index (χ0v) is 20.3. The molecule has 4 aromatic rings. The Hall–Kier alpha value is -3.71. The molecular formula is C27H27N3O3S. The molecule has 3 aromatic carbocycles. The fourth-order valence-electron chi connectivity index (χ4n) is 3.60. The maximum absolute atomic E-state index is 12.5. The monoisotopic (exact) mass is 473 g/mol. The van der Waals surface area contributed by atoms with E-state index in [1.54, 1.807) is 24.3 Å². The zero-order chi connectivity index (χ0) is 24.1. The van der Waals surface area contributed by atoms with Gasteiger partial charge >= 0.3 is 0 Å². The van der Waals surface area contributed by atoms with Crippen LogP contribution in [0.15, 0.2) is 65.1 Å². The summed E-state index contributed by atoms with van der Waals surface area (Å²) in [6, 6.07) is 18.7. The van der Waals surface area contributed by atoms with Crippen LogP contribution in [0.4, 0.5) is 5.69 Å². The number of fused-ring (bicyclic) bond motifs is 1. The van der Waals surface area contributed by atoms with Crippen LogP contribution < -0.4 is 15.4 Å². The standard InChI is InChI=1S/C27H27N3O3S/c1-4-5-12-32-22-9-6-19(7-10-22)25(31)30-27(34)28-21-8-11-24-23(16-21)29-26(33-24)20-14-17(2)13-18(3)15-20/h6-11,13-16H,4-5,12H2,1-3H3,(H2,28,30,31,34). The molecule has 1 aromatic heterocycles. The van der Waals surface area contributed by atoms with Gasteiger partial charge in [-0.05, 0) is 87.1 Å². The molecule has 1 heterocycles. The van der Waals surface area contributed by atoms with Crippen LogP contribution in [0, 0.1) is 13.8 Å². The van der Waals surface area contributed by atoms with Crippen molar-refractivity contribution in [2.75, 3.05) is 11.9 Å². The molecule has 0 aliphatic carbocycles. The van der Waals surface area contributed by atoms with Crippen LogP contribution in [0.2, 0.25) is 0 Å². The fourth-order valence-corrected chi connectivity index (χ4v) is 3.81. The van der Waals surface area contributed by atoms with Crippen molar-refractivity contribution in [2.45, 2.75) is 33.6 Å². The van der Waals surface area contributed by atoms with Crippen molar-refractivity contribution in [3.63, 3.8) is 0 Å². The van der Waals surface area contributed by atoms with Crippen LogP contribution in [0.3, 0.4) is 0 Å². The van der Waals surface area contributed by atoms with Crippen LogP contribution in [0.25, 0.3) is 22.6 Å². The average molecular weight is 474 g/mol. The molecule has 7 heteroatoms. The molecule has 174 valence electrons. The highest BCUT2D eigenvalue weighted by molar-refractivity contribution is 7.80. The average Bonchev–Trinajstić information content (AvgIpc) is 3.22. The smallest absolute Gasteiger partial charge is 0.257 e. The number of thiocarbonyl (C=S) groups is 1. The maximum atomic E-state index is 12.5. The number of unbranched alkanes of at least 4 members (excludes halogenated alkanes) is 1. The molecule has 6 nitrogen and oxygen atoms in total. The van der Waals surface area contributed by atoms with E-state index in [2.05, 4.69) is 28.6 Å². The van der Waals surface area contributed by atoms with Gasteiger partial charge in [0.1, 0.15) is 11.3 Å². The quantitative estimate of drug-likeness (QED) is 0.238. The minimum atomic E-state index is -0.294. The molecular weight excluding hydrogens is 446 g/mol. The molecule has 0 aliphatic rings. The minimum absolute atomic E-state index is 0.200. The number of ether oxygens (including phenoxy) is 1. The van der Waals surface area contributed by atoms with Gasteiger partial charge < -0.3 is 14.5 Å². The fraction of sp³-hybridized carbons (Fsp3) is 0.222. The van der Waals surface area contributed by atoms with E-state index >= 15 is 0 Å². The largest absolute Gasteiger partial charge is 0.494 e. The topological polar surface area (TPSA) is 76.4 Å². The van der Waals surface area contributed by atoms with Gasteiger partial charge in [0.2, 0.25) is 5.89 Å². The lowest BCUT2D eigenvalue weighted by molar-refractivity contribution is 0.0977. The van der Waals surface area contributed by atoms with Crippen molar-refractivity contribution in [3.05, 3.63) is 77.4 Å². The second-order valence-electron chi connectivity index (χ2n) is 8.21. The van der Waals surface area contributed by atoms with Gasteiger partial charge in [-0.3, -0.25) is 10.1 Å². The number of benzene rings is 3. The predicted octanol–water partition coefficient (Wildman–Crippen LogP) is 6.42. The Morgan fingerprint density at radius 3 is 2.47 bits per heavy atom. The molecule has 0 unspecified atom stereocenters. The van der Waals surface area contributed by atoms with Crippen molar-refractivity contribution in [1.29, 1.82) is 0 Å². The number of nitrogens with zero attached hydrogens (tertiary/aromatic N) is 1. The summed E-state index contributed by atoms with van der Waals surface area (Å²) >= 11 is 5.33. The number of nitrogens with one attached hydrogen (secondary N) is 2. The molecule has 0 fully saturated rings. The first kappa shape index (κ1) is 23.4. The minimum Gasteiger partial charge on any atom is -0.494 e. The third-order valence-electron chi connectivity index (χ3n) is 5.22. The molecule has 4 rings (SSSR count). The summed E-state index contributed by atoms with van der Waals surface area (Å²) in [5.74, 6) is 1.01. The van der Waals surface area contributed by atoms with E-state index in [-0.39, 0.29) is 11.0 Å². The van der Waals surface area contributed by atoms with Crippen LogP contribution in [-0.4, -0.2) is 22.6 Å². The number of hydrogen-bond donors (Lipinski definition) is 2. The Bertz CT molecular complexity index is 1310. The second kappa shape index (κ2) is 10.5. The van der Waals surface area contributed by atoms with Crippen LogP contribution in [0.5, 0.6) is 5.75 Å². The summed E-state index contributed by atoms with van der Waals surface area (Å²) in [5, 5.41) is 5.95. The highest BCUT2D eigenvalue weighted by Gasteiger charge is 2.12. The molecule has 34 heavy (non-hydrogen) atoms. The Labute approximate surface area is 204 Å². The number of amides is 1. The number of anilines is 1. The number of aromatic nitrogens is 1. The molecule has 0 saturated heterocycles. The summed E-state index contributed by atoms with van der Waals surface area (Å²) in [5.41, 5.74) is 5.82. The Balaban J connectivity index is 1.40. The van der Waals surface area contributed by atoms with Gasteiger partial charge in [-0.15, -0.1) is 0 Å². The number of carbonyl (C=O) groups is 1. The van der Waals surface area contributed by atoms with Crippen LogP contribution in [-0.2, 0) is 0 Å². The number of hydrogen-bond acceptors (Lipinski definition) is 5. The van der Waals surface area contributed by atoms with Gasteiger partial charge in [-0.25, -0.2) is 4.98 Å². The molecule has 0 bridgehead atoms. The van der Waals surface area contributed by atoms with Gasteiger partial charge in [0.15, 0.2) is 10.7 Å². The summed E-state index contributed by atoms with van der Waals surface area (Å²) in [6.45, 7) is 6.87. The van der Waals surface area contributed by atoms with Crippen molar-refractivity contribution in [3.8, 4) is 17.2 Å². The molecule has 0 saturated carbocycles. The van der Waals surface area contributed by atoms with E-state index in [0.717, 1.165) is 35.3 Å². The number of oxazole rings is 1. The van der Waals surface area contributed by atoms with E-state index < -0.39 is 0 Å². The van der Waals surface area contributed by atoms with Crippen molar-refractivity contribution in [2.24, 2.45) is 0 Å². The third kappa shape index (κ3) is 5.80. The molecule has 2 N–H and O–H groups in total. The van der Waals surface area contributed by atoms with E-state index in [1.165, 1.54) is 0 Å². The Morgan fingerprint density at radius 1 is 1.03 bits per heavy atom. The van der Waals surface area contributed by atoms with Gasteiger partial charge in [-0.1, -0.05) is 30.5 Å². The summed E-state index contributed by atoms with van der Waals surface area (Å²) in [6.07, 6.45) is 2.07. The highest BCUT2D eigenvalue weighted by Crippen LogP contribution is 2.27. The lowest BCUT2D eigenvalue weighted by atomic mass is 10.1. The SMILES string of the molecule is CCCCOc1ccc(C(=O)NC(=S)Nc2ccc3oc(-c4cc(C)cc(C)c4)nc3c2)cc1. The van der Waals surface area contributed by atoms with E-state index in [1.807, 2.05) is 44.2 Å². The zero-order valence-electron chi connectivity index (χ0n) is 19.5. The predicted molar refractivity (Wildman–Crippen MR) is 139 cm³/mol. The Morgan fingerprint density at radius 2 is 1.76 bits per heavy atom. The molecule has 1 amide bonds. The van der Waals surface area contributed by atoms with Gasteiger partial charge in [0, 0.05) is 16.8 Å². The summed E-state index contributed by atoms with van der Waals surface area (Å²) in [7, 11) is 0. The first-order valence-corrected chi connectivity index (χ1v) is 11.7. The summed E-state index contributed by atoms with van der Waals surface area (Å²) in [4.78, 5) is 17.2. The van der Waals surface area contributed by atoms with Crippen molar-refractivity contribution in [1.82, 2.24) is 10.3 Å². The molecule has 0 aliphatic heterocycles. The lowest BCUT2D eigenvalue weighted by Gasteiger charge is -2.10. The molecule has 0 atom stereocenters. The Kier molecular flexibility index (Phi) is 7.23. The van der Waals surface area contributed by atoms with Crippen molar-refractivity contribution < 1.29 is 13.9 Å². The lowest BCUT2D eigenvalue weighted by Crippen LogP contribution is -2.34. The van der Waals surface area contributed by atoms with E-state index in [4.69, 9.17) is 21.4 Å². The molecule has 0 radical (unpaired) electrons. The van der Waals surface area contributed by atoms with Gasteiger partial charge in [-0.2, -0.15) is 0 Å². The number of aryl methyl sites for hydroxylation is 2. The molecule has 0 spiro atoms. The van der Waals surface area contributed by atoms with E-state index in [0.29, 0.717) is 34.8 Å². The maximum Gasteiger partial charge on any atom is 0.257 e. The first-order valence-electron chi connectivity index (χ1n) is 11.3. The van der Waals surface area contributed by atoms with Crippen LogP contribution in [0.1, 0.15) is 41.3 Å².